The molecule has 4 aliphatic carbocycles. The number of aryl methyl sites for hydroxylation is 1. The number of hydrogen-bond donors (Lipinski definition) is 1. The van der Waals surface area contributed by atoms with Crippen molar-refractivity contribution in [2.24, 2.45) is 11.3 Å². The van der Waals surface area contributed by atoms with Gasteiger partial charge in [0.1, 0.15) is 17.5 Å². The molecular formula is C28H38F3N5O. The molecule has 1 saturated heterocycles. The van der Waals surface area contributed by atoms with Gasteiger partial charge in [-0.25, -0.2) is 13.2 Å². The van der Waals surface area contributed by atoms with Crippen molar-refractivity contribution in [1.82, 2.24) is 25.0 Å². The summed E-state index contributed by atoms with van der Waals surface area (Å²) in [7, 11) is 0. The first-order valence-corrected chi connectivity index (χ1v) is 14.0. The number of rotatable bonds is 8. The molecule has 37 heavy (non-hydrogen) atoms. The number of alkyl halides is 2. The molecule has 6 rings (SSSR count). The van der Waals surface area contributed by atoms with Crippen molar-refractivity contribution in [1.29, 1.82) is 0 Å². The van der Waals surface area contributed by atoms with E-state index in [1.54, 1.807) is 6.08 Å². The Kier molecular flexibility index (Phi) is 6.08. The molecule has 6 nitrogen and oxygen atoms in total. The maximum absolute atomic E-state index is 13.7. The predicted octanol–water partition coefficient (Wildman–Crippen LogP) is 5.37. The van der Waals surface area contributed by atoms with Gasteiger partial charge in [-0.1, -0.05) is 19.9 Å². The fraction of sp³-hybridized carbons (Fsp3) is 0.750. The molecular weight excluding hydrogens is 479 g/mol. The molecule has 1 amide bonds. The molecule has 0 radical (unpaired) electrons. The molecule has 0 aromatic carbocycles. The van der Waals surface area contributed by atoms with E-state index in [-0.39, 0.29) is 49.4 Å². The van der Waals surface area contributed by atoms with Gasteiger partial charge in [0.2, 0.25) is 11.8 Å². The summed E-state index contributed by atoms with van der Waals surface area (Å²) in [5.74, 6) is -0.875. The SMILES string of the molecule is Cc1nnc(C(C)C)n1C1CC2N(CC[C@H](NC(=O)C3CCC(F)(F)CC3)C3=CC=C(F)CC3)C3C[C@]231. The second-order valence-corrected chi connectivity index (χ2v) is 12.3. The molecule has 202 valence electrons. The van der Waals surface area contributed by atoms with Crippen LogP contribution >= 0.6 is 0 Å². The maximum Gasteiger partial charge on any atom is 0.248 e. The van der Waals surface area contributed by atoms with Gasteiger partial charge in [-0.3, -0.25) is 9.69 Å². The van der Waals surface area contributed by atoms with Crippen molar-refractivity contribution in [3.8, 4) is 0 Å². The summed E-state index contributed by atoms with van der Waals surface area (Å²) < 4.78 is 43.3. The molecule has 0 bridgehead atoms. The predicted molar refractivity (Wildman–Crippen MR) is 134 cm³/mol. The van der Waals surface area contributed by atoms with Gasteiger partial charge >= 0.3 is 0 Å². The minimum absolute atomic E-state index is 0.131. The van der Waals surface area contributed by atoms with Crippen LogP contribution in [-0.4, -0.2) is 56.2 Å². The Morgan fingerprint density at radius 1 is 1.14 bits per heavy atom. The molecule has 1 spiro atoms. The Balaban J connectivity index is 1.10. The molecule has 9 heteroatoms. The van der Waals surface area contributed by atoms with Crippen molar-refractivity contribution in [3.05, 3.63) is 35.2 Å². The largest absolute Gasteiger partial charge is 0.349 e. The van der Waals surface area contributed by atoms with Crippen molar-refractivity contribution >= 4 is 5.91 Å². The van der Waals surface area contributed by atoms with E-state index in [2.05, 4.69) is 38.8 Å². The first kappa shape index (κ1) is 25.1. The molecule has 3 saturated carbocycles. The summed E-state index contributed by atoms with van der Waals surface area (Å²) >= 11 is 0. The van der Waals surface area contributed by atoms with Crippen LogP contribution in [0.1, 0.15) is 95.2 Å². The zero-order valence-corrected chi connectivity index (χ0v) is 22.0. The molecule has 4 fully saturated rings. The van der Waals surface area contributed by atoms with E-state index in [4.69, 9.17) is 0 Å². The topological polar surface area (TPSA) is 63.1 Å². The van der Waals surface area contributed by atoms with Gasteiger partial charge < -0.3 is 9.88 Å². The molecule has 2 heterocycles. The fourth-order valence-corrected chi connectivity index (χ4v) is 7.67. The summed E-state index contributed by atoms with van der Waals surface area (Å²) in [5.41, 5.74) is 1.38. The normalized spacial score (nSPS) is 33.4. The Labute approximate surface area is 216 Å². The number of carbonyl (C=O) groups excluding carboxylic acids is 1. The second kappa shape index (κ2) is 8.95. The molecule has 5 aliphatic rings. The van der Waals surface area contributed by atoms with E-state index in [0.29, 0.717) is 42.3 Å². The van der Waals surface area contributed by atoms with Gasteiger partial charge in [0.05, 0.1) is 6.04 Å². The van der Waals surface area contributed by atoms with Gasteiger partial charge in [0.15, 0.2) is 0 Å². The third-order valence-electron chi connectivity index (χ3n) is 9.87. The lowest BCUT2D eigenvalue weighted by Gasteiger charge is -2.61. The molecule has 1 N–H and O–H groups in total. The van der Waals surface area contributed by atoms with Crippen molar-refractivity contribution < 1.29 is 18.0 Å². The number of hydrogen-bond acceptors (Lipinski definition) is 4. The minimum atomic E-state index is -2.65. The van der Waals surface area contributed by atoms with Gasteiger partial charge in [-0.15, -0.1) is 10.2 Å². The Morgan fingerprint density at radius 3 is 2.54 bits per heavy atom. The Bertz CT molecular complexity index is 1130. The van der Waals surface area contributed by atoms with E-state index in [0.717, 1.165) is 36.6 Å². The first-order chi connectivity index (χ1) is 17.6. The lowest BCUT2D eigenvalue weighted by Crippen LogP contribution is -2.67. The fourth-order valence-electron chi connectivity index (χ4n) is 7.67. The number of aromatic nitrogens is 3. The standard InChI is InChI=1S/C28H38F3N5O/c1-16(2)25-34-33-17(3)36(25)23-14-22-28(23)15-24(28)35(22)13-10-21(18-4-6-20(29)7-5-18)32-26(37)19-8-11-27(30,31)12-9-19/h4,6,16,19,21-24H,5,7-15H2,1-3H3,(H,32,37)/t21-,22?,23?,24?,28+/m0/s1. The van der Waals surface area contributed by atoms with E-state index >= 15 is 0 Å². The number of amides is 1. The number of carbonyl (C=O) groups is 1. The summed E-state index contributed by atoms with van der Waals surface area (Å²) in [6, 6.07) is 1.41. The highest BCUT2D eigenvalue weighted by atomic mass is 19.3. The number of nitrogens with one attached hydrogen (secondary N) is 1. The highest BCUT2D eigenvalue weighted by Gasteiger charge is 2.82. The van der Waals surface area contributed by atoms with Crippen LogP contribution < -0.4 is 5.32 Å². The van der Waals surface area contributed by atoms with Crippen molar-refractivity contribution in [3.63, 3.8) is 0 Å². The van der Waals surface area contributed by atoms with E-state index in [9.17, 15) is 18.0 Å². The number of nitrogens with zero attached hydrogens (tertiary/aromatic N) is 4. The van der Waals surface area contributed by atoms with Crippen LogP contribution in [0.25, 0.3) is 0 Å². The van der Waals surface area contributed by atoms with E-state index in [1.807, 2.05) is 6.92 Å². The molecule has 1 aromatic rings. The molecule has 1 aliphatic heterocycles. The average molecular weight is 518 g/mol. The third kappa shape index (κ3) is 4.16. The zero-order valence-electron chi connectivity index (χ0n) is 22.0. The smallest absolute Gasteiger partial charge is 0.248 e. The van der Waals surface area contributed by atoms with Crippen LogP contribution in [0.3, 0.4) is 0 Å². The Morgan fingerprint density at radius 2 is 1.89 bits per heavy atom. The lowest BCUT2D eigenvalue weighted by atomic mass is 9.64. The number of halogens is 3. The highest BCUT2D eigenvalue weighted by Crippen LogP contribution is 2.78. The van der Waals surface area contributed by atoms with E-state index in [1.165, 1.54) is 12.5 Å². The van der Waals surface area contributed by atoms with Crippen molar-refractivity contribution in [2.75, 3.05) is 6.54 Å². The van der Waals surface area contributed by atoms with Crippen LogP contribution in [-0.2, 0) is 4.79 Å². The summed E-state index contributed by atoms with van der Waals surface area (Å²) in [6.07, 6.45) is 7.28. The van der Waals surface area contributed by atoms with Crippen molar-refractivity contribution in [2.45, 2.75) is 115 Å². The quantitative estimate of drug-likeness (QED) is 0.504. The van der Waals surface area contributed by atoms with Crippen LogP contribution in [0, 0.1) is 18.3 Å². The lowest BCUT2D eigenvalue weighted by molar-refractivity contribution is -0.130. The number of piperidine rings is 1. The van der Waals surface area contributed by atoms with Gasteiger partial charge in [-0.2, -0.15) is 0 Å². The van der Waals surface area contributed by atoms with Gasteiger partial charge in [-0.05, 0) is 57.1 Å². The monoisotopic (exact) mass is 517 g/mol. The van der Waals surface area contributed by atoms with Crippen LogP contribution in [0.15, 0.2) is 23.6 Å². The summed E-state index contributed by atoms with van der Waals surface area (Å²) in [6.45, 7) is 7.25. The number of likely N-dealkylation sites (tertiary alicyclic amines) is 1. The maximum atomic E-state index is 13.7. The van der Waals surface area contributed by atoms with Gasteiger partial charge in [0, 0.05) is 61.2 Å². The highest BCUT2D eigenvalue weighted by molar-refractivity contribution is 5.79. The van der Waals surface area contributed by atoms with Crippen LogP contribution in [0.2, 0.25) is 0 Å². The first-order valence-electron chi connectivity index (χ1n) is 14.0. The number of allylic oxidation sites excluding steroid dienone is 3. The Hall–Kier alpha value is -2.16. The third-order valence-corrected chi connectivity index (χ3v) is 9.87. The molecule has 1 aromatic heterocycles. The average Bonchev–Trinajstić information content (AvgIpc) is 3.47. The molecule has 5 atom stereocenters. The zero-order chi connectivity index (χ0) is 26.1. The molecule has 3 unspecified atom stereocenters. The minimum Gasteiger partial charge on any atom is -0.349 e. The summed E-state index contributed by atoms with van der Waals surface area (Å²) in [5, 5.41) is 12.0. The van der Waals surface area contributed by atoms with E-state index < -0.39 is 5.92 Å². The van der Waals surface area contributed by atoms with Crippen LogP contribution in [0.5, 0.6) is 0 Å². The second-order valence-electron chi connectivity index (χ2n) is 12.3. The summed E-state index contributed by atoms with van der Waals surface area (Å²) in [4.78, 5) is 15.6. The van der Waals surface area contributed by atoms with Gasteiger partial charge in [0.25, 0.3) is 0 Å². The van der Waals surface area contributed by atoms with Crippen LogP contribution in [0.4, 0.5) is 13.2 Å².